The van der Waals surface area contributed by atoms with Gasteiger partial charge in [0.1, 0.15) is 6.10 Å². The maximum atomic E-state index is 13.8. The van der Waals surface area contributed by atoms with Crippen molar-refractivity contribution >= 4 is 21.7 Å². The monoisotopic (exact) mass is 443 g/mol. The van der Waals surface area contributed by atoms with E-state index in [2.05, 4.69) is 13.0 Å². The molecule has 0 aliphatic carbocycles. The second-order valence-corrected chi connectivity index (χ2v) is 10.0. The summed E-state index contributed by atoms with van der Waals surface area (Å²) in [6, 6.07) is 12.7. The van der Waals surface area contributed by atoms with E-state index in [1.807, 2.05) is 19.1 Å². The van der Waals surface area contributed by atoms with Crippen molar-refractivity contribution in [2.45, 2.75) is 69.6 Å². The molecule has 4 rings (SSSR count). The fourth-order valence-electron chi connectivity index (χ4n) is 4.34. The number of carbonyl (C=O) groups is 1. The molecule has 0 amide bonds. The average Bonchev–Trinajstić information content (AvgIpc) is 3.61. The van der Waals surface area contributed by atoms with Crippen LogP contribution in [0.2, 0.25) is 0 Å². The molecule has 0 aromatic heterocycles. The molecule has 1 fully saturated rings. The van der Waals surface area contributed by atoms with Crippen molar-refractivity contribution in [1.29, 1.82) is 0 Å². The Hall–Kier alpha value is -2.38. The minimum atomic E-state index is -3.79. The highest BCUT2D eigenvalue weighted by Crippen LogP contribution is 2.38. The fraction of sp³-hybridized carbons (Fsp3) is 0.458. The van der Waals surface area contributed by atoms with E-state index >= 15 is 0 Å². The number of benzene rings is 2. The van der Waals surface area contributed by atoms with Crippen LogP contribution < -0.4 is 4.31 Å². The van der Waals surface area contributed by atoms with E-state index in [0.29, 0.717) is 12.2 Å². The molecule has 2 aromatic rings. The highest BCUT2D eigenvalue weighted by Gasteiger charge is 2.39. The lowest BCUT2D eigenvalue weighted by atomic mass is 9.94. The van der Waals surface area contributed by atoms with E-state index in [1.165, 1.54) is 12.5 Å². The van der Waals surface area contributed by atoms with Gasteiger partial charge in [0, 0.05) is 13.0 Å². The van der Waals surface area contributed by atoms with Crippen molar-refractivity contribution in [2.24, 2.45) is 0 Å². The summed E-state index contributed by atoms with van der Waals surface area (Å²) in [4.78, 5) is 11.8. The fourth-order valence-corrected chi connectivity index (χ4v) is 6.19. The average molecular weight is 444 g/mol. The largest absolute Gasteiger partial charge is 0.455 e. The highest BCUT2D eigenvalue weighted by molar-refractivity contribution is 7.92. The Bertz CT molecular complexity index is 1080. The van der Waals surface area contributed by atoms with Crippen molar-refractivity contribution in [3.05, 3.63) is 59.2 Å². The third-order valence-electron chi connectivity index (χ3n) is 6.07. The van der Waals surface area contributed by atoms with Gasteiger partial charge in [-0.15, -0.1) is 0 Å². The van der Waals surface area contributed by atoms with Crippen molar-refractivity contribution in [2.75, 3.05) is 10.9 Å². The molecule has 1 saturated heterocycles. The number of hydrogen-bond acceptors (Lipinski definition) is 5. The van der Waals surface area contributed by atoms with Crippen LogP contribution in [0.3, 0.4) is 0 Å². The number of aryl methyl sites for hydroxylation is 2. The Morgan fingerprint density at radius 2 is 2.00 bits per heavy atom. The van der Waals surface area contributed by atoms with E-state index in [1.54, 1.807) is 28.6 Å². The Morgan fingerprint density at radius 1 is 1.23 bits per heavy atom. The van der Waals surface area contributed by atoms with Crippen LogP contribution in [-0.4, -0.2) is 33.1 Å². The highest BCUT2D eigenvalue weighted by atomic mass is 32.2. The molecule has 3 atom stereocenters. The number of carbonyl (C=O) groups excluding carboxylic acids is 1. The first-order valence-corrected chi connectivity index (χ1v) is 12.3. The van der Waals surface area contributed by atoms with Crippen LogP contribution in [0.25, 0.3) is 0 Å². The lowest BCUT2D eigenvalue weighted by Gasteiger charge is -2.37. The lowest BCUT2D eigenvalue weighted by Crippen LogP contribution is -2.43. The smallest absolute Gasteiger partial charge is 0.303 e. The van der Waals surface area contributed by atoms with Gasteiger partial charge in [-0.3, -0.25) is 9.10 Å². The van der Waals surface area contributed by atoms with Gasteiger partial charge in [-0.05, 0) is 60.6 Å². The van der Waals surface area contributed by atoms with Crippen LogP contribution in [0.5, 0.6) is 0 Å². The summed E-state index contributed by atoms with van der Waals surface area (Å²) in [5, 5.41) is 0. The van der Waals surface area contributed by atoms with E-state index in [-0.39, 0.29) is 17.0 Å². The Kier molecular flexibility index (Phi) is 6.08. The number of esters is 1. The molecule has 166 valence electrons. The Labute approximate surface area is 184 Å². The van der Waals surface area contributed by atoms with Crippen molar-refractivity contribution in [3.63, 3.8) is 0 Å². The maximum Gasteiger partial charge on any atom is 0.303 e. The number of fused-ring (bicyclic) bond motifs is 1. The van der Waals surface area contributed by atoms with Crippen LogP contribution in [0.1, 0.15) is 56.4 Å². The predicted octanol–water partition coefficient (Wildman–Crippen LogP) is 4.17. The first-order valence-electron chi connectivity index (χ1n) is 10.9. The zero-order valence-electron chi connectivity index (χ0n) is 18.2. The van der Waals surface area contributed by atoms with Crippen LogP contribution >= 0.6 is 0 Å². The van der Waals surface area contributed by atoms with Gasteiger partial charge >= 0.3 is 5.97 Å². The molecule has 0 radical (unpaired) electrons. The molecule has 2 aliphatic rings. The van der Waals surface area contributed by atoms with Crippen molar-refractivity contribution in [3.8, 4) is 0 Å². The summed E-state index contributed by atoms with van der Waals surface area (Å²) in [6.07, 6.45) is 2.49. The molecule has 6 nitrogen and oxygen atoms in total. The SMILES string of the molecule is CCc1ccc2c(c1)CCC(CC)N2S(=O)(=O)c1cccc(C(OC(C)=O)C2CO2)c1. The molecular weight excluding hydrogens is 414 g/mol. The lowest BCUT2D eigenvalue weighted by molar-refractivity contribution is -0.147. The minimum Gasteiger partial charge on any atom is -0.455 e. The first-order chi connectivity index (χ1) is 14.8. The molecule has 0 bridgehead atoms. The summed E-state index contributed by atoms with van der Waals surface area (Å²) >= 11 is 0. The van der Waals surface area contributed by atoms with Crippen LogP contribution in [0.15, 0.2) is 47.4 Å². The summed E-state index contributed by atoms with van der Waals surface area (Å²) in [5.74, 6) is -0.420. The number of sulfonamides is 1. The van der Waals surface area contributed by atoms with Gasteiger partial charge in [0.05, 0.1) is 17.2 Å². The zero-order chi connectivity index (χ0) is 22.2. The van der Waals surface area contributed by atoms with Gasteiger partial charge in [0.25, 0.3) is 10.0 Å². The summed E-state index contributed by atoms with van der Waals surface area (Å²) in [6.45, 7) is 5.96. The van der Waals surface area contributed by atoms with E-state index in [4.69, 9.17) is 9.47 Å². The predicted molar refractivity (Wildman–Crippen MR) is 119 cm³/mol. The van der Waals surface area contributed by atoms with Crippen LogP contribution in [-0.2, 0) is 37.1 Å². The van der Waals surface area contributed by atoms with Crippen molar-refractivity contribution < 1.29 is 22.7 Å². The number of ether oxygens (including phenoxy) is 2. The molecule has 3 unspecified atom stereocenters. The molecule has 2 heterocycles. The van der Waals surface area contributed by atoms with Gasteiger partial charge in [-0.1, -0.05) is 38.1 Å². The number of hydrogen-bond donors (Lipinski definition) is 0. The van der Waals surface area contributed by atoms with Gasteiger partial charge < -0.3 is 9.47 Å². The number of nitrogens with zero attached hydrogens (tertiary/aromatic N) is 1. The third kappa shape index (κ3) is 4.34. The molecule has 0 saturated carbocycles. The zero-order valence-corrected chi connectivity index (χ0v) is 19.0. The third-order valence-corrected chi connectivity index (χ3v) is 7.93. The first kappa shape index (κ1) is 21.8. The molecule has 7 heteroatoms. The molecular formula is C24H29NO5S. The second-order valence-electron chi connectivity index (χ2n) is 8.19. The minimum absolute atomic E-state index is 0.0929. The summed E-state index contributed by atoms with van der Waals surface area (Å²) < 4.78 is 40.0. The van der Waals surface area contributed by atoms with Gasteiger partial charge in [0.15, 0.2) is 6.10 Å². The topological polar surface area (TPSA) is 76.2 Å². The summed E-state index contributed by atoms with van der Waals surface area (Å²) in [7, 11) is -3.79. The number of rotatable bonds is 7. The molecule has 2 aliphatic heterocycles. The van der Waals surface area contributed by atoms with Crippen molar-refractivity contribution in [1.82, 2.24) is 0 Å². The number of anilines is 1. The Balaban J connectivity index is 1.75. The van der Waals surface area contributed by atoms with E-state index in [9.17, 15) is 13.2 Å². The van der Waals surface area contributed by atoms with Gasteiger partial charge in [0.2, 0.25) is 0 Å². The molecule has 0 N–H and O–H groups in total. The number of epoxide rings is 1. The van der Waals surface area contributed by atoms with E-state index < -0.39 is 22.1 Å². The van der Waals surface area contributed by atoms with Gasteiger partial charge in [-0.25, -0.2) is 8.42 Å². The van der Waals surface area contributed by atoms with E-state index in [0.717, 1.165) is 36.9 Å². The van der Waals surface area contributed by atoms with Crippen LogP contribution in [0, 0.1) is 0 Å². The van der Waals surface area contributed by atoms with Crippen LogP contribution in [0.4, 0.5) is 5.69 Å². The molecule has 31 heavy (non-hydrogen) atoms. The maximum absolute atomic E-state index is 13.8. The normalized spacial score (nSPS) is 21.3. The second kappa shape index (κ2) is 8.63. The Morgan fingerprint density at radius 3 is 2.65 bits per heavy atom. The molecule has 0 spiro atoms. The summed E-state index contributed by atoms with van der Waals surface area (Å²) in [5.41, 5.74) is 3.68. The molecule has 2 aromatic carbocycles. The quantitative estimate of drug-likeness (QED) is 0.474. The van der Waals surface area contributed by atoms with Gasteiger partial charge in [-0.2, -0.15) is 0 Å². The standard InChI is InChI=1S/C24H29NO5S/c1-4-17-9-12-22-18(13-17)10-11-20(5-2)25(22)31(27,28)21-8-6-7-19(14-21)24(23-15-29-23)30-16(3)26/h6-9,12-14,20,23-24H,4-5,10-11,15H2,1-3H3.